The normalized spacial score (nSPS) is 21.0. The molecule has 0 radical (unpaired) electrons. The summed E-state index contributed by atoms with van der Waals surface area (Å²) in [4.78, 5) is 6.85. The SMILES string of the molecule is Cc1ccnc(NCC2CCN(Cc3nnc4n3CCOC4)C2)c1. The highest BCUT2D eigenvalue weighted by atomic mass is 16.5. The van der Waals surface area contributed by atoms with Gasteiger partial charge in [-0.15, -0.1) is 10.2 Å². The van der Waals surface area contributed by atoms with Gasteiger partial charge in [0.1, 0.15) is 18.2 Å². The van der Waals surface area contributed by atoms with Crippen molar-refractivity contribution < 1.29 is 4.74 Å². The number of aromatic nitrogens is 4. The zero-order chi connectivity index (χ0) is 16.4. The smallest absolute Gasteiger partial charge is 0.159 e. The van der Waals surface area contributed by atoms with Crippen LogP contribution in [0.1, 0.15) is 23.6 Å². The molecule has 24 heavy (non-hydrogen) atoms. The number of hydrogen-bond donors (Lipinski definition) is 1. The van der Waals surface area contributed by atoms with Crippen LogP contribution in [0.2, 0.25) is 0 Å². The molecule has 0 aromatic carbocycles. The fourth-order valence-corrected chi connectivity index (χ4v) is 3.48. The Hall–Kier alpha value is -1.99. The summed E-state index contributed by atoms with van der Waals surface area (Å²) in [6.45, 7) is 8.37. The topological polar surface area (TPSA) is 68.1 Å². The highest BCUT2D eigenvalue weighted by Crippen LogP contribution is 2.20. The lowest BCUT2D eigenvalue weighted by atomic mass is 10.1. The Balaban J connectivity index is 1.29. The Labute approximate surface area is 142 Å². The summed E-state index contributed by atoms with van der Waals surface area (Å²) >= 11 is 0. The van der Waals surface area contributed by atoms with E-state index in [9.17, 15) is 0 Å². The first-order valence-electron chi connectivity index (χ1n) is 8.65. The average Bonchev–Trinajstić information content (AvgIpc) is 3.21. The number of nitrogens with zero attached hydrogens (tertiary/aromatic N) is 5. The first-order chi connectivity index (χ1) is 11.8. The summed E-state index contributed by atoms with van der Waals surface area (Å²) < 4.78 is 7.64. The Morgan fingerprint density at radius 2 is 2.29 bits per heavy atom. The number of aryl methyl sites for hydroxylation is 1. The van der Waals surface area contributed by atoms with Gasteiger partial charge in [-0.25, -0.2) is 4.98 Å². The van der Waals surface area contributed by atoms with E-state index in [1.807, 2.05) is 12.3 Å². The van der Waals surface area contributed by atoms with Crippen molar-refractivity contribution in [1.82, 2.24) is 24.6 Å². The molecule has 2 aliphatic heterocycles. The van der Waals surface area contributed by atoms with E-state index < -0.39 is 0 Å². The van der Waals surface area contributed by atoms with E-state index in [2.05, 4.69) is 43.0 Å². The highest BCUT2D eigenvalue weighted by molar-refractivity contribution is 5.36. The Bertz CT molecular complexity index is 700. The first kappa shape index (κ1) is 15.5. The molecule has 7 heteroatoms. The van der Waals surface area contributed by atoms with Crippen LogP contribution in [-0.2, 0) is 24.4 Å². The molecular weight excluding hydrogens is 304 g/mol. The molecule has 128 valence electrons. The van der Waals surface area contributed by atoms with Gasteiger partial charge in [0.2, 0.25) is 0 Å². The molecule has 0 saturated carbocycles. The largest absolute Gasteiger partial charge is 0.372 e. The van der Waals surface area contributed by atoms with Crippen LogP contribution in [0.25, 0.3) is 0 Å². The number of likely N-dealkylation sites (tertiary alicyclic amines) is 1. The van der Waals surface area contributed by atoms with Crippen molar-refractivity contribution in [2.24, 2.45) is 5.92 Å². The second-order valence-electron chi connectivity index (χ2n) is 6.73. The maximum Gasteiger partial charge on any atom is 0.159 e. The van der Waals surface area contributed by atoms with Gasteiger partial charge in [-0.3, -0.25) is 4.90 Å². The van der Waals surface area contributed by atoms with Crippen molar-refractivity contribution in [1.29, 1.82) is 0 Å². The minimum Gasteiger partial charge on any atom is -0.372 e. The molecule has 0 spiro atoms. The summed E-state index contributed by atoms with van der Waals surface area (Å²) in [5.41, 5.74) is 1.24. The van der Waals surface area contributed by atoms with E-state index >= 15 is 0 Å². The number of anilines is 1. The summed E-state index contributed by atoms with van der Waals surface area (Å²) in [6.07, 6.45) is 3.07. The van der Waals surface area contributed by atoms with Crippen molar-refractivity contribution >= 4 is 5.82 Å². The Kier molecular flexibility index (Phi) is 4.44. The number of nitrogens with one attached hydrogen (secondary N) is 1. The molecular formula is C17H24N6O. The molecule has 1 N–H and O–H groups in total. The third-order valence-electron chi connectivity index (χ3n) is 4.82. The highest BCUT2D eigenvalue weighted by Gasteiger charge is 2.25. The predicted molar refractivity (Wildman–Crippen MR) is 90.5 cm³/mol. The number of pyridine rings is 1. The van der Waals surface area contributed by atoms with Crippen molar-refractivity contribution in [2.45, 2.75) is 33.0 Å². The van der Waals surface area contributed by atoms with Gasteiger partial charge < -0.3 is 14.6 Å². The molecule has 1 fully saturated rings. The molecule has 4 rings (SSSR count). The van der Waals surface area contributed by atoms with Crippen molar-refractivity contribution in [3.63, 3.8) is 0 Å². The zero-order valence-electron chi connectivity index (χ0n) is 14.1. The average molecular weight is 328 g/mol. The van der Waals surface area contributed by atoms with Gasteiger partial charge in [-0.2, -0.15) is 0 Å². The summed E-state index contributed by atoms with van der Waals surface area (Å²) in [5, 5.41) is 12.1. The predicted octanol–water partition coefficient (Wildman–Crippen LogP) is 1.45. The summed E-state index contributed by atoms with van der Waals surface area (Å²) in [5.74, 6) is 3.65. The van der Waals surface area contributed by atoms with Gasteiger partial charge in [0.05, 0.1) is 13.2 Å². The monoisotopic (exact) mass is 328 g/mol. The van der Waals surface area contributed by atoms with Crippen molar-refractivity contribution in [3.8, 4) is 0 Å². The Morgan fingerprint density at radius 3 is 3.21 bits per heavy atom. The number of hydrogen-bond acceptors (Lipinski definition) is 6. The molecule has 4 heterocycles. The lowest BCUT2D eigenvalue weighted by Crippen LogP contribution is -2.26. The molecule has 0 bridgehead atoms. The van der Waals surface area contributed by atoms with E-state index in [1.165, 1.54) is 12.0 Å². The number of fused-ring (bicyclic) bond motifs is 1. The molecule has 0 aliphatic carbocycles. The van der Waals surface area contributed by atoms with Gasteiger partial charge in [0.25, 0.3) is 0 Å². The molecule has 2 aromatic heterocycles. The molecule has 2 aromatic rings. The van der Waals surface area contributed by atoms with Gasteiger partial charge in [-0.1, -0.05) is 0 Å². The summed E-state index contributed by atoms with van der Waals surface area (Å²) in [7, 11) is 0. The maximum absolute atomic E-state index is 5.43. The third kappa shape index (κ3) is 3.42. The Morgan fingerprint density at radius 1 is 1.33 bits per heavy atom. The van der Waals surface area contributed by atoms with E-state index in [4.69, 9.17) is 4.74 Å². The second kappa shape index (κ2) is 6.86. The molecule has 1 unspecified atom stereocenters. The maximum atomic E-state index is 5.43. The fraction of sp³-hybridized carbons (Fsp3) is 0.588. The van der Waals surface area contributed by atoms with E-state index in [0.717, 1.165) is 56.8 Å². The standard InChI is InChI=1S/C17H24N6O/c1-13-2-4-18-15(8-13)19-9-14-3-5-22(10-14)11-16-20-21-17-12-24-7-6-23(16)17/h2,4,8,14H,3,5-7,9-12H2,1H3,(H,18,19). The van der Waals surface area contributed by atoms with Crippen molar-refractivity contribution in [2.75, 3.05) is 31.6 Å². The van der Waals surface area contributed by atoms with Crippen molar-refractivity contribution in [3.05, 3.63) is 35.5 Å². The van der Waals surface area contributed by atoms with Crippen LogP contribution in [0.3, 0.4) is 0 Å². The van der Waals surface area contributed by atoms with Crippen LogP contribution in [0, 0.1) is 12.8 Å². The minimum atomic E-state index is 0.586. The van der Waals surface area contributed by atoms with E-state index in [-0.39, 0.29) is 0 Å². The van der Waals surface area contributed by atoms with Crippen LogP contribution in [0.15, 0.2) is 18.3 Å². The number of ether oxygens (including phenoxy) is 1. The lowest BCUT2D eigenvalue weighted by Gasteiger charge is -2.19. The molecule has 2 aliphatic rings. The number of rotatable bonds is 5. The third-order valence-corrected chi connectivity index (χ3v) is 4.82. The van der Waals surface area contributed by atoms with Gasteiger partial charge in [0.15, 0.2) is 5.82 Å². The van der Waals surface area contributed by atoms with Crippen LogP contribution < -0.4 is 5.32 Å². The van der Waals surface area contributed by atoms with Crippen LogP contribution >= 0.6 is 0 Å². The van der Waals surface area contributed by atoms with Gasteiger partial charge >= 0.3 is 0 Å². The molecule has 1 saturated heterocycles. The summed E-state index contributed by atoms with van der Waals surface area (Å²) in [6, 6.07) is 4.12. The van der Waals surface area contributed by atoms with Crippen LogP contribution in [-0.4, -0.2) is 50.9 Å². The van der Waals surface area contributed by atoms with Crippen LogP contribution in [0.5, 0.6) is 0 Å². The molecule has 0 amide bonds. The quantitative estimate of drug-likeness (QED) is 0.896. The fourth-order valence-electron chi connectivity index (χ4n) is 3.48. The second-order valence-corrected chi connectivity index (χ2v) is 6.73. The molecule has 7 nitrogen and oxygen atoms in total. The lowest BCUT2D eigenvalue weighted by molar-refractivity contribution is 0.0798. The van der Waals surface area contributed by atoms with E-state index in [0.29, 0.717) is 12.5 Å². The minimum absolute atomic E-state index is 0.586. The van der Waals surface area contributed by atoms with Crippen LogP contribution in [0.4, 0.5) is 5.82 Å². The molecule has 1 atom stereocenters. The van der Waals surface area contributed by atoms with Gasteiger partial charge in [-0.05, 0) is 43.5 Å². The van der Waals surface area contributed by atoms with Gasteiger partial charge in [0, 0.05) is 25.8 Å². The first-order valence-corrected chi connectivity index (χ1v) is 8.65. The van der Waals surface area contributed by atoms with E-state index in [1.54, 1.807) is 0 Å². The zero-order valence-corrected chi connectivity index (χ0v) is 14.1.